The molecule has 1 aromatic rings. The fraction of sp³-hybridized carbons (Fsp3) is 0.650. The van der Waals surface area contributed by atoms with Gasteiger partial charge in [0.25, 0.3) is 0 Å². The lowest BCUT2D eigenvalue weighted by molar-refractivity contribution is -0.127. The molecule has 1 aliphatic rings. The molecule has 2 rings (SSSR count). The molecule has 1 aromatic carbocycles. The number of carbonyl (C=O) groups excluding carboxylic acids is 1. The SMILES string of the molecule is CN(C)CCCN(C)C(=O)CSC1CCCCC1Sc1cccc(Cl)c1. The van der Waals surface area contributed by atoms with Crippen LogP contribution in [0.1, 0.15) is 32.1 Å². The summed E-state index contributed by atoms with van der Waals surface area (Å²) in [5.74, 6) is 0.848. The molecule has 0 N–H and O–H groups in total. The number of benzene rings is 1. The van der Waals surface area contributed by atoms with Crippen molar-refractivity contribution < 1.29 is 4.79 Å². The molecule has 2 atom stereocenters. The molecule has 0 bridgehead atoms. The summed E-state index contributed by atoms with van der Waals surface area (Å²) in [4.78, 5) is 17.7. The van der Waals surface area contributed by atoms with Gasteiger partial charge in [0, 0.05) is 34.0 Å². The standard InChI is InChI=1S/C20H31ClN2OS2/c1-22(2)12-7-13-23(3)20(24)15-25-18-10-4-5-11-19(18)26-17-9-6-8-16(21)14-17/h6,8-9,14,18-19H,4-5,7,10-13,15H2,1-3H3. The predicted octanol–water partition coefficient (Wildman–Crippen LogP) is 4.89. The zero-order valence-corrected chi connectivity index (χ0v) is 18.5. The van der Waals surface area contributed by atoms with E-state index in [1.165, 1.54) is 30.6 Å². The first kappa shape index (κ1) is 21.9. The van der Waals surface area contributed by atoms with E-state index in [9.17, 15) is 4.79 Å². The molecule has 0 heterocycles. The maximum absolute atomic E-state index is 12.4. The van der Waals surface area contributed by atoms with Crippen molar-refractivity contribution in [2.45, 2.75) is 47.5 Å². The van der Waals surface area contributed by atoms with E-state index in [1.54, 1.807) is 0 Å². The Labute approximate surface area is 172 Å². The van der Waals surface area contributed by atoms with Gasteiger partial charge in [0.15, 0.2) is 0 Å². The Morgan fingerprint density at radius 1 is 1.15 bits per heavy atom. The van der Waals surface area contributed by atoms with E-state index >= 15 is 0 Å². The van der Waals surface area contributed by atoms with Gasteiger partial charge in [-0.15, -0.1) is 23.5 Å². The third kappa shape index (κ3) is 7.71. The number of carbonyl (C=O) groups is 1. The normalized spacial score (nSPS) is 20.3. The molecule has 146 valence electrons. The summed E-state index contributed by atoms with van der Waals surface area (Å²) >= 11 is 9.90. The fourth-order valence-electron chi connectivity index (χ4n) is 3.14. The van der Waals surface area contributed by atoms with Gasteiger partial charge in [-0.2, -0.15) is 0 Å². The summed E-state index contributed by atoms with van der Waals surface area (Å²) < 4.78 is 0. The van der Waals surface area contributed by atoms with E-state index in [-0.39, 0.29) is 5.91 Å². The van der Waals surface area contributed by atoms with Crippen LogP contribution in [0.4, 0.5) is 0 Å². The molecule has 0 aliphatic heterocycles. The summed E-state index contributed by atoms with van der Waals surface area (Å²) in [7, 11) is 6.06. The van der Waals surface area contributed by atoms with Gasteiger partial charge in [0.05, 0.1) is 5.75 Å². The molecule has 0 radical (unpaired) electrons. The number of hydrogen-bond donors (Lipinski definition) is 0. The Kier molecular flexibility index (Phi) is 9.68. The van der Waals surface area contributed by atoms with Crippen LogP contribution in [0.2, 0.25) is 5.02 Å². The third-order valence-corrected chi connectivity index (χ3v) is 7.88. The average molecular weight is 415 g/mol. The zero-order valence-electron chi connectivity index (χ0n) is 16.1. The smallest absolute Gasteiger partial charge is 0.232 e. The first-order valence-electron chi connectivity index (χ1n) is 9.38. The van der Waals surface area contributed by atoms with Crippen LogP contribution in [0, 0.1) is 0 Å². The van der Waals surface area contributed by atoms with E-state index in [0.717, 1.165) is 24.5 Å². The van der Waals surface area contributed by atoms with Crippen LogP contribution in [0.25, 0.3) is 0 Å². The highest BCUT2D eigenvalue weighted by Crippen LogP contribution is 2.40. The molecule has 1 amide bonds. The van der Waals surface area contributed by atoms with Gasteiger partial charge in [0.1, 0.15) is 0 Å². The Morgan fingerprint density at radius 3 is 2.58 bits per heavy atom. The monoisotopic (exact) mass is 414 g/mol. The quantitative estimate of drug-likeness (QED) is 0.574. The van der Waals surface area contributed by atoms with Gasteiger partial charge in [-0.05, 0) is 58.1 Å². The molecule has 2 unspecified atom stereocenters. The van der Waals surface area contributed by atoms with Crippen molar-refractivity contribution in [2.75, 3.05) is 40.0 Å². The zero-order chi connectivity index (χ0) is 18.9. The van der Waals surface area contributed by atoms with Crippen LogP contribution in [0.5, 0.6) is 0 Å². The predicted molar refractivity (Wildman–Crippen MR) is 117 cm³/mol. The Hall–Kier alpha value is -0.360. The van der Waals surface area contributed by atoms with Crippen LogP contribution in [0.15, 0.2) is 29.2 Å². The number of nitrogens with zero attached hydrogens (tertiary/aromatic N) is 2. The minimum Gasteiger partial charge on any atom is -0.345 e. The average Bonchev–Trinajstić information content (AvgIpc) is 2.60. The van der Waals surface area contributed by atoms with Gasteiger partial charge in [-0.25, -0.2) is 0 Å². The lowest BCUT2D eigenvalue weighted by Gasteiger charge is -2.31. The Bertz CT molecular complexity index is 570. The molecule has 0 spiro atoms. The first-order valence-corrected chi connectivity index (χ1v) is 11.7. The largest absolute Gasteiger partial charge is 0.345 e. The van der Waals surface area contributed by atoms with Gasteiger partial charge in [-0.3, -0.25) is 4.79 Å². The summed E-state index contributed by atoms with van der Waals surface area (Å²) in [6.45, 7) is 1.86. The number of amides is 1. The topological polar surface area (TPSA) is 23.6 Å². The Morgan fingerprint density at radius 2 is 1.88 bits per heavy atom. The van der Waals surface area contributed by atoms with Gasteiger partial charge >= 0.3 is 0 Å². The number of halogens is 1. The molecule has 3 nitrogen and oxygen atoms in total. The lowest BCUT2D eigenvalue weighted by Crippen LogP contribution is -2.33. The third-order valence-electron chi connectivity index (χ3n) is 4.67. The minimum atomic E-state index is 0.255. The van der Waals surface area contributed by atoms with E-state index in [2.05, 4.69) is 25.1 Å². The van der Waals surface area contributed by atoms with Crippen LogP contribution < -0.4 is 0 Å². The summed E-state index contributed by atoms with van der Waals surface area (Å²) in [6.07, 6.45) is 6.02. The second-order valence-corrected chi connectivity index (χ2v) is 10.2. The highest BCUT2D eigenvalue weighted by Gasteiger charge is 2.27. The molecule has 6 heteroatoms. The fourth-order valence-corrected chi connectivity index (χ4v) is 6.33. The van der Waals surface area contributed by atoms with Crippen LogP contribution in [-0.2, 0) is 4.79 Å². The number of thioether (sulfide) groups is 2. The first-order chi connectivity index (χ1) is 12.5. The van der Waals surface area contributed by atoms with Gasteiger partial charge < -0.3 is 9.80 Å². The molecule has 26 heavy (non-hydrogen) atoms. The maximum Gasteiger partial charge on any atom is 0.232 e. The summed E-state index contributed by atoms with van der Waals surface area (Å²) in [6, 6.07) is 8.12. The van der Waals surface area contributed by atoms with Crippen molar-refractivity contribution in [1.82, 2.24) is 9.80 Å². The van der Waals surface area contributed by atoms with Gasteiger partial charge in [0.2, 0.25) is 5.91 Å². The second kappa shape index (κ2) is 11.5. The van der Waals surface area contributed by atoms with E-state index in [0.29, 0.717) is 16.3 Å². The molecular formula is C20H31ClN2OS2. The van der Waals surface area contributed by atoms with Crippen molar-refractivity contribution >= 4 is 41.0 Å². The van der Waals surface area contributed by atoms with Crippen LogP contribution in [-0.4, -0.2) is 66.2 Å². The second-order valence-electron chi connectivity index (χ2n) is 7.22. The number of rotatable bonds is 9. The van der Waals surface area contributed by atoms with Crippen LogP contribution >= 0.6 is 35.1 Å². The van der Waals surface area contributed by atoms with Crippen molar-refractivity contribution in [1.29, 1.82) is 0 Å². The molecule has 1 fully saturated rings. The summed E-state index contributed by atoms with van der Waals surface area (Å²) in [5, 5.41) is 1.91. The van der Waals surface area contributed by atoms with E-state index in [4.69, 9.17) is 11.6 Å². The molecule has 0 aromatic heterocycles. The Balaban J connectivity index is 1.81. The number of hydrogen-bond acceptors (Lipinski definition) is 4. The highest BCUT2D eigenvalue weighted by atomic mass is 35.5. The molecular weight excluding hydrogens is 384 g/mol. The van der Waals surface area contributed by atoms with Crippen LogP contribution in [0.3, 0.4) is 0 Å². The molecule has 1 aliphatic carbocycles. The van der Waals surface area contributed by atoms with E-state index < -0.39 is 0 Å². The highest BCUT2D eigenvalue weighted by molar-refractivity contribution is 8.04. The van der Waals surface area contributed by atoms with Crippen molar-refractivity contribution in [2.24, 2.45) is 0 Å². The van der Waals surface area contributed by atoms with Crippen molar-refractivity contribution in [3.63, 3.8) is 0 Å². The maximum atomic E-state index is 12.4. The summed E-state index contributed by atoms with van der Waals surface area (Å²) in [5.41, 5.74) is 0. The minimum absolute atomic E-state index is 0.255. The van der Waals surface area contributed by atoms with Crippen molar-refractivity contribution in [3.05, 3.63) is 29.3 Å². The molecule has 1 saturated carbocycles. The van der Waals surface area contributed by atoms with Gasteiger partial charge in [-0.1, -0.05) is 30.5 Å². The lowest BCUT2D eigenvalue weighted by atomic mass is 10.00. The molecule has 0 saturated heterocycles. The van der Waals surface area contributed by atoms with E-state index in [1.807, 2.05) is 53.7 Å². The van der Waals surface area contributed by atoms with Crippen molar-refractivity contribution in [3.8, 4) is 0 Å².